The molecule has 0 amide bonds. The summed E-state index contributed by atoms with van der Waals surface area (Å²) in [5.74, 6) is 0.817. The molecule has 4 aromatic rings. The molecule has 0 spiro atoms. The lowest BCUT2D eigenvalue weighted by Crippen LogP contribution is -2.11. The molecule has 1 unspecified atom stereocenters. The van der Waals surface area contributed by atoms with Gasteiger partial charge >= 0.3 is 5.97 Å². The van der Waals surface area contributed by atoms with Crippen molar-refractivity contribution in [1.82, 2.24) is 10.6 Å². The van der Waals surface area contributed by atoms with Gasteiger partial charge in [-0.3, -0.25) is 15.1 Å². The zero-order valence-corrected chi connectivity index (χ0v) is 20.6. The Morgan fingerprint density at radius 1 is 0.946 bits per heavy atom. The van der Waals surface area contributed by atoms with Crippen molar-refractivity contribution in [2.75, 3.05) is 14.2 Å². The van der Waals surface area contributed by atoms with Gasteiger partial charge in [0.05, 0.1) is 26.3 Å². The third-order valence-corrected chi connectivity index (χ3v) is 5.63. The lowest BCUT2D eigenvalue weighted by molar-refractivity contribution is -0.140. The van der Waals surface area contributed by atoms with Crippen LogP contribution in [0.1, 0.15) is 34.7 Å². The number of ether oxygens (including phenoxy) is 3. The minimum absolute atomic E-state index is 0.168. The Kier molecular flexibility index (Phi) is 8.93. The van der Waals surface area contributed by atoms with Crippen LogP contribution in [0, 0.1) is 0 Å². The van der Waals surface area contributed by atoms with E-state index < -0.39 is 0 Å². The maximum absolute atomic E-state index is 11.9. The molecule has 0 aliphatic carbocycles. The van der Waals surface area contributed by atoms with E-state index in [1.54, 1.807) is 19.4 Å². The number of carbonyl (C=O) groups excluding carboxylic acids is 1. The van der Waals surface area contributed by atoms with Gasteiger partial charge in [0.25, 0.3) is 0 Å². The number of esters is 1. The lowest BCUT2D eigenvalue weighted by Gasteiger charge is -2.14. The van der Waals surface area contributed by atoms with Gasteiger partial charge in [-0.2, -0.15) is 0 Å². The van der Waals surface area contributed by atoms with E-state index in [0.717, 1.165) is 16.7 Å². The molecule has 0 radical (unpaired) electrons. The zero-order chi connectivity index (χ0) is 25.9. The summed E-state index contributed by atoms with van der Waals surface area (Å²) < 4.78 is 21.5. The first kappa shape index (κ1) is 25.5. The number of methoxy groups -OCH3 is 1. The predicted octanol–water partition coefficient (Wildman–Crippen LogP) is 5.48. The summed E-state index contributed by atoms with van der Waals surface area (Å²) in [4.78, 5) is 16.9. The Morgan fingerprint density at radius 3 is 2.32 bits per heavy atom. The molecule has 1 N–H and O–H groups in total. The molecule has 0 bridgehead atoms. The van der Waals surface area contributed by atoms with Crippen molar-refractivity contribution < 1.29 is 28.4 Å². The van der Waals surface area contributed by atoms with Gasteiger partial charge in [-0.15, -0.1) is 0 Å². The smallest absolute Gasteiger partial charge is 0.306 e. The quantitative estimate of drug-likeness (QED) is 0.155. The fraction of sp³-hybridized carbons (Fsp3) is 0.172. The molecule has 0 saturated carbocycles. The van der Waals surface area contributed by atoms with Gasteiger partial charge in [0.1, 0.15) is 36.3 Å². The highest BCUT2D eigenvalue weighted by Crippen LogP contribution is 2.29. The average Bonchev–Trinajstić information content (AvgIpc) is 3.49. The molecule has 1 aromatic heterocycles. The molecule has 3 aromatic carbocycles. The van der Waals surface area contributed by atoms with Crippen LogP contribution in [-0.2, 0) is 21.0 Å². The van der Waals surface area contributed by atoms with Crippen LogP contribution in [0.4, 0.5) is 0 Å². The Labute approximate surface area is 215 Å². The van der Waals surface area contributed by atoms with E-state index in [2.05, 4.69) is 10.6 Å². The number of hydrogen-bond acceptors (Lipinski definition) is 8. The topological polar surface area (TPSA) is 92.0 Å². The molecular weight excluding hydrogens is 472 g/mol. The van der Waals surface area contributed by atoms with E-state index in [0.29, 0.717) is 29.5 Å². The number of benzene rings is 3. The average molecular weight is 501 g/mol. The Morgan fingerprint density at radius 2 is 1.68 bits per heavy atom. The van der Waals surface area contributed by atoms with Crippen LogP contribution in [0.2, 0.25) is 0 Å². The Hall–Kier alpha value is -4.56. The van der Waals surface area contributed by atoms with Crippen molar-refractivity contribution in [3.8, 4) is 11.5 Å². The van der Waals surface area contributed by atoms with Crippen LogP contribution in [0.3, 0.4) is 0 Å². The second-order valence-electron chi connectivity index (χ2n) is 8.08. The van der Waals surface area contributed by atoms with Gasteiger partial charge in [0, 0.05) is 17.5 Å². The predicted molar refractivity (Wildman–Crippen MR) is 137 cm³/mol. The molecule has 37 heavy (non-hydrogen) atoms. The number of nitrogens with one attached hydrogen (secondary N) is 1. The molecule has 0 fully saturated rings. The Balaban J connectivity index is 1.35. The summed E-state index contributed by atoms with van der Waals surface area (Å²) in [5, 5.41) is 4.00. The summed E-state index contributed by atoms with van der Waals surface area (Å²) in [7, 11) is 2.92. The third-order valence-electron chi connectivity index (χ3n) is 5.63. The molecule has 1 atom stereocenters. The van der Waals surface area contributed by atoms with Crippen molar-refractivity contribution >= 4 is 11.7 Å². The monoisotopic (exact) mass is 500 g/mol. The van der Waals surface area contributed by atoms with Gasteiger partial charge in [0.15, 0.2) is 0 Å². The number of carbonyl (C=O) groups is 1. The molecule has 4 rings (SSSR count). The van der Waals surface area contributed by atoms with Crippen LogP contribution in [0.15, 0.2) is 102 Å². The van der Waals surface area contributed by atoms with E-state index in [1.165, 1.54) is 13.4 Å². The van der Waals surface area contributed by atoms with E-state index in [9.17, 15) is 4.79 Å². The maximum Gasteiger partial charge on any atom is 0.306 e. The highest BCUT2D eigenvalue weighted by Gasteiger charge is 2.21. The second-order valence-corrected chi connectivity index (χ2v) is 8.08. The minimum Gasteiger partial charge on any atom is -0.489 e. The first-order valence-corrected chi connectivity index (χ1v) is 11.7. The summed E-state index contributed by atoms with van der Waals surface area (Å²) in [6.45, 7) is 0.394. The van der Waals surface area contributed by atoms with E-state index >= 15 is 0 Å². The van der Waals surface area contributed by atoms with Crippen LogP contribution in [0.25, 0.3) is 5.70 Å². The van der Waals surface area contributed by atoms with Crippen LogP contribution < -0.4 is 15.0 Å². The fourth-order valence-electron chi connectivity index (χ4n) is 3.68. The van der Waals surface area contributed by atoms with Crippen molar-refractivity contribution in [1.29, 1.82) is 0 Å². The summed E-state index contributed by atoms with van der Waals surface area (Å²) in [5.41, 5.74) is 7.06. The minimum atomic E-state index is -0.317. The summed E-state index contributed by atoms with van der Waals surface area (Å²) in [6, 6.07) is 26.7. The van der Waals surface area contributed by atoms with Crippen molar-refractivity contribution in [3.05, 3.63) is 120 Å². The highest BCUT2D eigenvalue weighted by molar-refractivity contribution is 5.71. The molecule has 8 nitrogen and oxygen atoms in total. The van der Waals surface area contributed by atoms with Gasteiger partial charge in [-0.05, 0) is 35.4 Å². The largest absolute Gasteiger partial charge is 0.489 e. The van der Waals surface area contributed by atoms with Gasteiger partial charge in [-0.25, -0.2) is 0 Å². The number of aromatic nitrogens is 1. The first-order valence-electron chi connectivity index (χ1n) is 11.7. The molecule has 190 valence electrons. The Bertz CT molecular complexity index is 1270. The van der Waals surface area contributed by atoms with Gasteiger partial charge < -0.3 is 18.7 Å². The van der Waals surface area contributed by atoms with E-state index in [1.807, 2.05) is 78.9 Å². The highest BCUT2D eigenvalue weighted by atomic mass is 16.6. The van der Waals surface area contributed by atoms with E-state index in [-0.39, 0.29) is 18.3 Å². The SMILES string of the molecule is CONC(=COc1ccc(COc2ccc(C(CC(=O)OC)c3ccon3)cc2)cc1)c1ccccc1. The number of hydroxylamine groups is 1. The zero-order valence-electron chi connectivity index (χ0n) is 20.6. The van der Waals surface area contributed by atoms with Gasteiger partial charge in [-0.1, -0.05) is 59.8 Å². The molecular formula is C29H28N2O6. The van der Waals surface area contributed by atoms with Crippen molar-refractivity contribution in [2.24, 2.45) is 0 Å². The molecule has 0 aliphatic rings. The number of hydrogen-bond donors (Lipinski definition) is 1. The van der Waals surface area contributed by atoms with E-state index in [4.69, 9.17) is 23.6 Å². The first-order chi connectivity index (χ1) is 18.2. The fourth-order valence-corrected chi connectivity index (χ4v) is 3.68. The third kappa shape index (κ3) is 7.22. The van der Waals surface area contributed by atoms with Crippen molar-refractivity contribution in [3.63, 3.8) is 0 Å². The van der Waals surface area contributed by atoms with Crippen LogP contribution in [0.5, 0.6) is 11.5 Å². The van der Waals surface area contributed by atoms with Crippen molar-refractivity contribution in [2.45, 2.75) is 18.9 Å². The normalized spacial score (nSPS) is 12.0. The van der Waals surface area contributed by atoms with Gasteiger partial charge in [0.2, 0.25) is 0 Å². The number of rotatable bonds is 12. The van der Waals surface area contributed by atoms with Crippen LogP contribution >= 0.6 is 0 Å². The van der Waals surface area contributed by atoms with Crippen LogP contribution in [-0.4, -0.2) is 25.3 Å². The summed E-state index contributed by atoms with van der Waals surface area (Å²) in [6.07, 6.45) is 3.27. The molecule has 0 saturated heterocycles. The summed E-state index contributed by atoms with van der Waals surface area (Å²) >= 11 is 0. The molecule has 0 aliphatic heterocycles. The lowest BCUT2D eigenvalue weighted by atomic mass is 9.92. The molecule has 1 heterocycles. The number of nitrogens with zero attached hydrogens (tertiary/aromatic N) is 1. The maximum atomic E-state index is 11.9. The second kappa shape index (κ2) is 12.9. The standard InChI is InChI=1S/C29H28N2O6/c1-33-29(32)18-26(27-16-17-37-31-27)22-10-14-25(15-11-22)35-19-21-8-12-24(13-9-21)36-20-28(30-34-2)23-6-4-3-5-7-23/h3-17,20,26,30H,18-19H2,1-2H3. The molecule has 8 heteroatoms.